The number of halogens is 1. The number of aliphatic hydroxyl groups excluding tert-OH is 1. The zero-order chi connectivity index (χ0) is 13.2. The molecule has 104 valence electrons. The molecule has 2 saturated heterocycles. The topological polar surface area (TPSA) is 32.7 Å². The predicted molar refractivity (Wildman–Crippen MR) is 75.4 cm³/mol. The van der Waals surface area contributed by atoms with Crippen molar-refractivity contribution in [1.29, 1.82) is 0 Å². The third-order valence-electron chi connectivity index (χ3n) is 4.07. The second-order valence-electron chi connectivity index (χ2n) is 5.58. The van der Waals surface area contributed by atoms with Crippen LogP contribution in [0.4, 0.5) is 0 Å². The number of nitrogens with zero attached hydrogens (tertiary/aromatic N) is 1. The fourth-order valence-electron chi connectivity index (χ4n) is 3.07. The van der Waals surface area contributed by atoms with Crippen molar-refractivity contribution in [3.8, 4) is 0 Å². The average Bonchev–Trinajstić information content (AvgIpc) is 2.75. The Balaban J connectivity index is 1.52. The Morgan fingerprint density at radius 3 is 2.74 bits per heavy atom. The highest BCUT2D eigenvalue weighted by Gasteiger charge is 2.33. The lowest BCUT2D eigenvalue weighted by Crippen LogP contribution is -2.43. The molecule has 0 spiro atoms. The summed E-state index contributed by atoms with van der Waals surface area (Å²) < 4.78 is 5.81. The molecular weight excluding hydrogens is 262 g/mol. The maximum atomic E-state index is 10.2. The van der Waals surface area contributed by atoms with E-state index in [-0.39, 0.29) is 0 Å². The van der Waals surface area contributed by atoms with Crippen LogP contribution in [0.3, 0.4) is 0 Å². The van der Waals surface area contributed by atoms with Gasteiger partial charge < -0.3 is 9.84 Å². The van der Waals surface area contributed by atoms with Crippen LogP contribution < -0.4 is 0 Å². The fraction of sp³-hybridized carbons (Fsp3) is 0.600. The van der Waals surface area contributed by atoms with Crippen LogP contribution in [0.1, 0.15) is 30.9 Å². The van der Waals surface area contributed by atoms with E-state index < -0.39 is 6.10 Å². The van der Waals surface area contributed by atoms with E-state index in [0.29, 0.717) is 17.2 Å². The van der Waals surface area contributed by atoms with E-state index in [9.17, 15) is 5.11 Å². The second-order valence-corrected chi connectivity index (χ2v) is 6.01. The van der Waals surface area contributed by atoms with E-state index >= 15 is 0 Å². The minimum Gasteiger partial charge on any atom is -0.388 e. The smallest absolute Gasteiger partial charge is 0.0802 e. The van der Waals surface area contributed by atoms with E-state index in [2.05, 4.69) is 4.90 Å². The molecule has 3 rings (SSSR count). The molecule has 2 heterocycles. The summed E-state index contributed by atoms with van der Waals surface area (Å²) in [4.78, 5) is 2.42. The van der Waals surface area contributed by atoms with Gasteiger partial charge in [0.25, 0.3) is 0 Å². The maximum Gasteiger partial charge on any atom is 0.0802 e. The first kappa shape index (κ1) is 13.4. The molecule has 2 fully saturated rings. The predicted octanol–water partition coefficient (Wildman–Crippen LogP) is 2.63. The van der Waals surface area contributed by atoms with Gasteiger partial charge in [0.1, 0.15) is 0 Å². The van der Waals surface area contributed by atoms with Crippen molar-refractivity contribution < 1.29 is 9.84 Å². The molecule has 0 aliphatic carbocycles. The van der Waals surface area contributed by atoms with Gasteiger partial charge in [0.15, 0.2) is 0 Å². The van der Waals surface area contributed by atoms with Crippen molar-refractivity contribution in [2.24, 2.45) is 0 Å². The zero-order valence-electron chi connectivity index (χ0n) is 11.0. The van der Waals surface area contributed by atoms with Crippen LogP contribution in [-0.2, 0) is 4.74 Å². The Bertz CT molecular complexity index is 428. The number of benzene rings is 1. The van der Waals surface area contributed by atoms with Crippen molar-refractivity contribution >= 4 is 11.6 Å². The molecule has 0 amide bonds. The van der Waals surface area contributed by atoms with Gasteiger partial charge in [0.2, 0.25) is 0 Å². The minimum absolute atomic E-state index is 0.419. The first-order valence-corrected chi connectivity index (χ1v) is 7.40. The molecule has 0 radical (unpaired) electrons. The van der Waals surface area contributed by atoms with Crippen molar-refractivity contribution in [3.05, 3.63) is 34.9 Å². The highest BCUT2D eigenvalue weighted by molar-refractivity contribution is 6.30. The number of rotatable bonds is 4. The third-order valence-corrected chi connectivity index (χ3v) is 4.31. The number of ether oxygens (including phenoxy) is 1. The summed E-state index contributed by atoms with van der Waals surface area (Å²) in [5.41, 5.74) is 0.906. The number of likely N-dealkylation sites (tertiary alicyclic amines) is 1. The molecule has 3 atom stereocenters. The molecule has 0 saturated carbocycles. The first-order valence-electron chi connectivity index (χ1n) is 7.02. The summed E-state index contributed by atoms with van der Waals surface area (Å²) in [7, 11) is 0. The van der Waals surface area contributed by atoms with Crippen LogP contribution in [0, 0.1) is 0 Å². The lowest BCUT2D eigenvalue weighted by molar-refractivity contribution is -0.0414. The number of aliphatic hydroxyl groups is 1. The number of morpholine rings is 1. The van der Waals surface area contributed by atoms with Crippen LogP contribution in [0.25, 0.3) is 0 Å². The van der Waals surface area contributed by atoms with E-state index in [1.54, 1.807) is 0 Å². The Hall–Kier alpha value is -0.610. The van der Waals surface area contributed by atoms with Crippen LogP contribution >= 0.6 is 11.6 Å². The molecule has 0 aromatic heterocycles. The molecule has 4 heteroatoms. The van der Waals surface area contributed by atoms with Gasteiger partial charge in [-0.1, -0.05) is 23.7 Å². The molecule has 1 aromatic carbocycles. The normalized spacial score (nSPS) is 28.5. The summed E-state index contributed by atoms with van der Waals surface area (Å²) in [6.07, 6.45) is 3.54. The highest BCUT2D eigenvalue weighted by Crippen LogP contribution is 2.27. The van der Waals surface area contributed by atoms with Gasteiger partial charge >= 0.3 is 0 Å². The monoisotopic (exact) mass is 281 g/mol. The Morgan fingerprint density at radius 2 is 2.05 bits per heavy atom. The van der Waals surface area contributed by atoms with Crippen molar-refractivity contribution in [2.45, 2.75) is 37.6 Å². The van der Waals surface area contributed by atoms with Gasteiger partial charge in [-0.05, 0) is 37.0 Å². The SMILES string of the molecule is OC(CCN1CC2CCC(C1)O2)c1cccc(Cl)c1. The standard InChI is InChI=1S/C15H20ClNO2/c16-12-3-1-2-11(8-12)15(18)6-7-17-9-13-4-5-14(10-17)19-13/h1-3,8,13-15,18H,4-7,9-10H2. The average molecular weight is 282 g/mol. The zero-order valence-corrected chi connectivity index (χ0v) is 11.7. The van der Waals surface area contributed by atoms with Gasteiger partial charge in [0, 0.05) is 24.7 Å². The van der Waals surface area contributed by atoms with E-state index in [4.69, 9.17) is 16.3 Å². The van der Waals surface area contributed by atoms with Crippen molar-refractivity contribution in [1.82, 2.24) is 4.90 Å². The first-order chi connectivity index (χ1) is 9.20. The summed E-state index contributed by atoms with van der Waals surface area (Å²) in [6, 6.07) is 7.49. The maximum absolute atomic E-state index is 10.2. The number of fused-ring (bicyclic) bond motifs is 2. The van der Waals surface area contributed by atoms with E-state index in [0.717, 1.165) is 31.6 Å². The minimum atomic E-state index is -0.431. The van der Waals surface area contributed by atoms with Crippen LogP contribution in [-0.4, -0.2) is 41.8 Å². The third kappa shape index (κ3) is 3.29. The van der Waals surface area contributed by atoms with Crippen molar-refractivity contribution in [2.75, 3.05) is 19.6 Å². The van der Waals surface area contributed by atoms with E-state index in [1.165, 1.54) is 12.8 Å². The summed E-state index contributed by atoms with van der Waals surface area (Å²) in [5.74, 6) is 0. The lowest BCUT2D eigenvalue weighted by atomic mass is 10.1. The molecule has 2 aliphatic heterocycles. The molecule has 3 nitrogen and oxygen atoms in total. The Kier molecular flexibility index (Phi) is 4.08. The molecule has 1 N–H and O–H groups in total. The molecule has 3 unspecified atom stereocenters. The van der Waals surface area contributed by atoms with Crippen molar-refractivity contribution in [3.63, 3.8) is 0 Å². The molecule has 1 aromatic rings. The quantitative estimate of drug-likeness (QED) is 0.921. The fourth-order valence-corrected chi connectivity index (χ4v) is 3.27. The Morgan fingerprint density at radius 1 is 1.32 bits per heavy atom. The van der Waals surface area contributed by atoms with Gasteiger partial charge in [-0.3, -0.25) is 4.90 Å². The van der Waals surface area contributed by atoms with Gasteiger partial charge in [-0.25, -0.2) is 0 Å². The van der Waals surface area contributed by atoms with Gasteiger partial charge in [0.05, 0.1) is 18.3 Å². The summed E-state index contributed by atoms with van der Waals surface area (Å²) >= 11 is 5.95. The summed E-state index contributed by atoms with van der Waals surface area (Å²) in [5, 5.41) is 10.9. The number of hydrogen-bond acceptors (Lipinski definition) is 3. The Labute approximate surface area is 119 Å². The van der Waals surface area contributed by atoms with Crippen LogP contribution in [0.15, 0.2) is 24.3 Å². The lowest BCUT2D eigenvalue weighted by Gasteiger charge is -2.32. The van der Waals surface area contributed by atoms with Crippen LogP contribution in [0.5, 0.6) is 0 Å². The second kappa shape index (κ2) is 5.80. The molecule has 19 heavy (non-hydrogen) atoms. The highest BCUT2D eigenvalue weighted by atomic mass is 35.5. The molecular formula is C15H20ClNO2. The summed E-state index contributed by atoms with van der Waals surface area (Å²) in [6.45, 7) is 2.95. The molecule has 2 aliphatic rings. The van der Waals surface area contributed by atoms with Gasteiger partial charge in [-0.15, -0.1) is 0 Å². The van der Waals surface area contributed by atoms with Crippen LogP contribution in [0.2, 0.25) is 5.02 Å². The van der Waals surface area contributed by atoms with Gasteiger partial charge in [-0.2, -0.15) is 0 Å². The largest absolute Gasteiger partial charge is 0.388 e. The van der Waals surface area contributed by atoms with E-state index in [1.807, 2.05) is 24.3 Å². The molecule has 2 bridgehead atoms. The number of hydrogen-bond donors (Lipinski definition) is 1.